The van der Waals surface area contributed by atoms with Crippen LogP contribution in [0.1, 0.15) is 12.0 Å². The number of nitrogens with one attached hydrogen (secondary N) is 1. The fourth-order valence-corrected chi connectivity index (χ4v) is 1.64. The number of carboxylic acid groups (broad SMARTS) is 1. The molecule has 0 saturated carbocycles. The van der Waals surface area contributed by atoms with Gasteiger partial charge in [-0.1, -0.05) is 30.3 Å². The van der Waals surface area contributed by atoms with Gasteiger partial charge in [-0.05, 0) is 18.4 Å². The quantitative estimate of drug-likeness (QED) is 0.699. The molecule has 2 N–H and O–H groups in total. The molecular weight excluding hydrogens is 178 g/mol. The molecule has 3 heteroatoms. The van der Waals surface area contributed by atoms with E-state index in [4.69, 9.17) is 5.11 Å². The first-order valence-corrected chi connectivity index (χ1v) is 4.80. The van der Waals surface area contributed by atoms with Crippen LogP contribution in [-0.4, -0.2) is 23.2 Å². The van der Waals surface area contributed by atoms with Crippen LogP contribution in [0.5, 0.6) is 0 Å². The Morgan fingerprint density at radius 1 is 1.36 bits per heavy atom. The van der Waals surface area contributed by atoms with Crippen LogP contribution >= 0.6 is 0 Å². The predicted molar refractivity (Wildman–Crippen MR) is 53.1 cm³/mol. The number of hydrogen-bond acceptors (Lipinski definition) is 2. The minimum Gasteiger partial charge on any atom is -0.480 e. The summed E-state index contributed by atoms with van der Waals surface area (Å²) in [7, 11) is 0. The summed E-state index contributed by atoms with van der Waals surface area (Å²) >= 11 is 0. The summed E-state index contributed by atoms with van der Waals surface area (Å²) in [5.74, 6) is -0.733. The average molecular weight is 191 g/mol. The molecule has 0 bridgehead atoms. The van der Waals surface area contributed by atoms with Crippen LogP contribution in [0.4, 0.5) is 0 Å². The molecule has 1 aliphatic heterocycles. The monoisotopic (exact) mass is 191 g/mol. The highest BCUT2D eigenvalue weighted by Crippen LogP contribution is 2.17. The van der Waals surface area contributed by atoms with Crippen molar-refractivity contribution in [2.24, 2.45) is 0 Å². The Hall–Kier alpha value is -1.35. The summed E-state index contributed by atoms with van der Waals surface area (Å²) in [4.78, 5) is 10.5. The molecule has 2 atom stereocenters. The van der Waals surface area contributed by atoms with Gasteiger partial charge in [0.1, 0.15) is 6.04 Å². The Morgan fingerprint density at radius 3 is 2.64 bits per heavy atom. The zero-order chi connectivity index (χ0) is 9.97. The van der Waals surface area contributed by atoms with E-state index in [0.29, 0.717) is 0 Å². The highest BCUT2D eigenvalue weighted by Gasteiger charge is 2.41. The van der Waals surface area contributed by atoms with Crippen molar-refractivity contribution in [2.75, 3.05) is 0 Å². The van der Waals surface area contributed by atoms with Gasteiger partial charge in [0.2, 0.25) is 0 Å². The van der Waals surface area contributed by atoms with Crippen LogP contribution in [0.3, 0.4) is 0 Å². The lowest BCUT2D eigenvalue weighted by atomic mass is 10.1. The van der Waals surface area contributed by atoms with Crippen LogP contribution in [0, 0.1) is 0 Å². The van der Waals surface area contributed by atoms with Gasteiger partial charge in [0.15, 0.2) is 0 Å². The second-order valence-electron chi connectivity index (χ2n) is 3.61. The number of benzene rings is 1. The lowest BCUT2D eigenvalue weighted by Gasteiger charge is -1.97. The van der Waals surface area contributed by atoms with E-state index in [1.807, 2.05) is 18.2 Å². The van der Waals surface area contributed by atoms with E-state index in [-0.39, 0.29) is 12.1 Å². The summed E-state index contributed by atoms with van der Waals surface area (Å²) in [5.41, 5.74) is 1.27. The average Bonchev–Trinajstić information content (AvgIpc) is 2.96. The predicted octanol–water partition coefficient (Wildman–Crippen LogP) is 1.04. The molecule has 2 rings (SSSR count). The molecule has 0 aromatic heterocycles. The van der Waals surface area contributed by atoms with Crippen molar-refractivity contribution < 1.29 is 9.90 Å². The third-order valence-electron chi connectivity index (χ3n) is 2.54. The summed E-state index contributed by atoms with van der Waals surface area (Å²) < 4.78 is 0. The van der Waals surface area contributed by atoms with Gasteiger partial charge in [-0.15, -0.1) is 0 Å². The van der Waals surface area contributed by atoms with Crippen LogP contribution in [0.15, 0.2) is 30.3 Å². The van der Waals surface area contributed by atoms with Gasteiger partial charge in [-0.2, -0.15) is 0 Å². The minimum atomic E-state index is -0.733. The normalized spacial score (nSPS) is 24.6. The molecule has 3 nitrogen and oxygen atoms in total. The molecule has 0 spiro atoms. The maximum atomic E-state index is 10.5. The largest absolute Gasteiger partial charge is 0.480 e. The lowest BCUT2D eigenvalue weighted by Crippen LogP contribution is -2.09. The van der Waals surface area contributed by atoms with Gasteiger partial charge >= 0.3 is 5.97 Å². The molecule has 0 unspecified atom stereocenters. The van der Waals surface area contributed by atoms with E-state index in [0.717, 1.165) is 12.8 Å². The smallest absolute Gasteiger partial charge is 0.322 e. The zero-order valence-corrected chi connectivity index (χ0v) is 7.81. The van der Waals surface area contributed by atoms with Crippen molar-refractivity contribution >= 4 is 5.97 Å². The Labute approximate surface area is 82.8 Å². The number of rotatable bonds is 4. The van der Waals surface area contributed by atoms with Gasteiger partial charge in [0, 0.05) is 6.04 Å². The Kier molecular flexibility index (Phi) is 2.50. The number of carbonyl (C=O) groups is 1. The second kappa shape index (κ2) is 3.80. The van der Waals surface area contributed by atoms with Crippen molar-refractivity contribution in [1.29, 1.82) is 0 Å². The first-order chi connectivity index (χ1) is 6.77. The molecule has 0 aliphatic carbocycles. The molecule has 1 saturated heterocycles. The molecule has 0 radical (unpaired) electrons. The standard InChI is InChI=1S/C11H13NO2/c13-11(14)10-9(12-10)7-6-8-4-2-1-3-5-8/h1-5,9-10,12H,6-7H2,(H,13,14)/t9-,10-/m0/s1. The Balaban J connectivity index is 1.77. The van der Waals surface area contributed by atoms with E-state index in [9.17, 15) is 4.79 Å². The number of aryl methyl sites for hydroxylation is 1. The molecule has 14 heavy (non-hydrogen) atoms. The third kappa shape index (κ3) is 2.12. The zero-order valence-electron chi connectivity index (χ0n) is 7.81. The second-order valence-corrected chi connectivity index (χ2v) is 3.61. The van der Waals surface area contributed by atoms with E-state index in [2.05, 4.69) is 17.4 Å². The highest BCUT2D eigenvalue weighted by atomic mass is 16.4. The van der Waals surface area contributed by atoms with Gasteiger partial charge in [0.05, 0.1) is 0 Å². The highest BCUT2D eigenvalue weighted by molar-refractivity contribution is 5.78. The first-order valence-electron chi connectivity index (χ1n) is 4.80. The maximum absolute atomic E-state index is 10.5. The van der Waals surface area contributed by atoms with Gasteiger partial charge in [-0.25, -0.2) is 0 Å². The van der Waals surface area contributed by atoms with Crippen molar-refractivity contribution in [3.63, 3.8) is 0 Å². The molecule has 1 fully saturated rings. The number of aliphatic carboxylic acids is 1. The van der Waals surface area contributed by atoms with Crippen LogP contribution in [0.2, 0.25) is 0 Å². The topological polar surface area (TPSA) is 59.2 Å². The molecule has 1 aliphatic rings. The van der Waals surface area contributed by atoms with Gasteiger partial charge < -0.3 is 5.11 Å². The molecule has 1 aromatic rings. The summed E-state index contributed by atoms with van der Waals surface area (Å²) in [6, 6.07) is 10.00. The molecule has 74 valence electrons. The first kappa shape index (κ1) is 9.21. The number of carboxylic acids is 1. The van der Waals surface area contributed by atoms with Crippen molar-refractivity contribution in [1.82, 2.24) is 5.32 Å². The SMILES string of the molecule is O=C(O)[C@H]1N[C@H]1CCc1ccccc1. The minimum absolute atomic E-state index is 0.174. The Morgan fingerprint density at radius 2 is 2.07 bits per heavy atom. The summed E-state index contributed by atoms with van der Waals surface area (Å²) in [6.45, 7) is 0. The van der Waals surface area contributed by atoms with Gasteiger partial charge in [-0.3, -0.25) is 10.1 Å². The van der Waals surface area contributed by atoms with Crippen molar-refractivity contribution in [3.8, 4) is 0 Å². The van der Waals surface area contributed by atoms with Crippen molar-refractivity contribution in [3.05, 3.63) is 35.9 Å². The van der Waals surface area contributed by atoms with Crippen LogP contribution in [0.25, 0.3) is 0 Å². The maximum Gasteiger partial charge on any atom is 0.322 e. The Bertz CT molecular complexity index is 323. The van der Waals surface area contributed by atoms with Crippen LogP contribution < -0.4 is 5.32 Å². The number of hydrogen-bond donors (Lipinski definition) is 2. The van der Waals surface area contributed by atoms with E-state index in [1.165, 1.54) is 5.56 Å². The molecule has 0 amide bonds. The fourth-order valence-electron chi connectivity index (χ4n) is 1.64. The molecule has 1 aromatic carbocycles. The lowest BCUT2D eigenvalue weighted by molar-refractivity contribution is -0.136. The van der Waals surface area contributed by atoms with E-state index >= 15 is 0 Å². The summed E-state index contributed by atoms with van der Waals surface area (Å²) in [5, 5.41) is 11.6. The van der Waals surface area contributed by atoms with Crippen LogP contribution in [-0.2, 0) is 11.2 Å². The molecular formula is C11H13NO2. The molecule has 1 heterocycles. The third-order valence-corrected chi connectivity index (χ3v) is 2.54. The van der Waals surface area contributed by atoms with E-state index < -0.39 is 5.97 Å². The fraction of sp³-hybridized carbons (Fsp3) is 0.364. The van der Waals surface area contributed by atoms with Gasteiger partial charge in [0.25, 0.3) is 0 Å². The summed E-state index contributed by atoms with van der Waals surface area (Å²) in [6.07, 6.45) is 1.85. The van der Waals surface area contributed by atoms with E-state index in [1.54, 1.807) is 0 Å². The van der Waals surface area contributed by atoms with Crippen molar-refractivity contribution in [2.45, 2.75) is 24.9 Å².